The molecule has 1 aromatic heterocycles. The first-order valence-corrected chi connectivity index (χ1v) is 5.53. The Bertz CT molecular complexity index is 424. The summed E-state index contributed by atoms with van der Waals surface area (Å²) in [6, 6.07) is 1.46. The van der Waals surface area contributed by atoms with Crippen LogP contribution >= 0.6 is 11.8 Å². The molecule has 0 unspecified atom stereocenters. The Morgan fingerprint density at radius 3 is 3.25 bits per heavy atom. The van der Waals surface area contributed by atoms with Crippen molar-refractivity contribution < 1.29 is 14.7 Å². The van der Waals surface area contributed by atoms with Gasteiger partial charge in [-0.25, -0.2) is 4.79 Å². The summed E-state index contributed by atoms with van der Waals surface area (Å²) in [5, 5.41) is 8.84. The first-order valence-electron chi connectivity index (χ1n) is 4.59. The number of anilines is 1. The fraction of sp³-hybridized carbons (Fsp3) is 0.500. The lowest BCUT2D eigenvalue weighted by atomic mass is 10.6. The highest BCUT2D eigenvalue weighted by atomic mass is 32.2. The second-order valence-corrected chi connectivity index (χ2v) is 4.40. The van der Waals surface area contributed by atoms with Gasteiger partial charge in [0.25, 0.3) is 0 Å². The Morgan fingerprint density at radius 2 is 2.62 bits per heavy atom. The molecule has 1 fully saturated rings. The number of nitrogens with zero attached hydrogens (tertiary/aromatic N) is 2. The van der Waals surface area contributed by atoms with Gasteiger partial charge < -0.3 is 20.4 Å². The Kier molecular flexibility index (Phi) is 3.32. The van der Waals surface area contributed by atoms with Gasteiger partial charge in [-0.1, -0.05) is 11.8 Å². The Labute approximate surface area is 95.1 Å². The van der Waals surface area contributed by atoms with E-state index in [9.17, 15) is 4.79 Å². The van der Waals surface area contributed by atoms with Crippen LogP contribution in [0.5, 0.6) is 0 Å². The number of aliphatic hydroxyl groups excluding tert-OH is 1. The number of nitrogens with two attached hydrogens (primary N) is 1. The first kappa shape index (κ1) is 11.2. The van der Waals surface area contributed by atoms with E-state index in [0.717, 1.165) is 4.73 Å². The number of aliphatic hydroxyl groups is 1. The molecule has 0 amide bonds. The molecule has 0 aliphatic carbocycles. The van der Waals surface area contributed by atoms with Crippen molar-refractivity contribution in [3.8, 4) is 0 Å². The van der Waals surface area contributed by atoms with Crippen LogP contribution in [0.4, 0.5) is 5.82 Å². The molecule has 16 heavy (non-hydrogen) atoms. The number of ether oxygens (including phenoxy) is 1. The highest BCUT2D eigenvalue weighted by molar-refractivity contribution is 8.00. The molecular formula is C8H11N3O4S. The molecule has 0 bridgehead atoms. The van der Waals surface area contributed by atoms with Crippen molar-refractivity contribution in [3.05, 3.63) is 22.7 Å². The summed E-state index contributed by atoms with van der Waals surface area (Å²) in [7, 11) is 0. The van der Waals surface area contributed by atoms with Gasteiger partial charge in [-0.15, -0.1) is 4.73 Å². The Hall–Kier alpha value is -1.25. The van der Waals surface area contributed by atoms with Crippen molar-refractivity contribution >= 4 is 17.6 Å². The largest absolute Gasteiger partial charge is 0.393 e. The van der Waals surface area contributed by atoms with Gasteiger partial charge in [0.2, 0.25) is 0 Å². The van der Waals surface area contributed by atoms with E-state index in [2.05, 4.69) is 4.98 Å². The third kappa shape index (κ3) is 2.46. The highest BCUT2D eigenvalue weighted by Crippen LogP contribution is 2.25. The molecule has 1 aliphatic heterocycles. The van der Waals surface area contributed by atoms with E-state index in [1.807, 2.05) is 0 Å². The van der Waals surface area contributed by atoms with Gasteiger partial charge in [0, 0.05) is 6.07 Å². The monoisotopic (exact) mass is 245 g/mol. The number of hydrogen-bond donors (Lipinski definition) is 2. The Balaban J connectivity index is 2.02. The fourth-order valence-electron chi connectivity index (χ4n) is 1.20. The molecule has 1 aliphatic rings. The molecule has 8 heteroatoms. The summed E-state index contributed by atoms with van der Waals surface area (Å²) in [5.74, 6) is 0.147. The number of aromatic nitrogens is 2. The first-order chi connectivity index (χ1) is 7.69. The van der Waals surface area contributed by atoms with E-state index in [1.54, 1.807) is 0 Å². The average molecular weight is 245 g/mol. The molecule has 0 radical (unpaired) electrons. The Morgan fingerprint density at radius 1 is 1.81 bits per heavy atom. The lowest BCUT2D eigenvalue weighted by molar-refractivity contribution is 0.0177. The highest BCUT2D eigenvalue weighted by Gasteiger charge is 2.27. The van der Waals surface area contributed by atoms with Crippen LogP contribution in [0.1, 0.15) is 0 Å². The normalized spacial score (nSPS) is 24.6. The second kappa shape index (κ2) is 4.73. The van der Waals surface area contributed by atoms with Crippen LogP contribution in [-0.2, 0) is 4.74 Å². The molecule has 7 nitrogen and oxygen atoms in total. The fourth-order valence-corrected chi connectivity index (χ4v) is 2.08. The van der Waals surface area contributed by atoms with Crippen LogP contribution in [0.2, 0.25) is 0 Å². The van der Waals surface area contributed by atoms with E-state index in [1.165, 1.54) is 24.0 Å². The smallest absolute Gasteiger partial charge is 0.382 e. The van der Waals surface area contributed by atoms with Crippen molar-refractivity contribution in [2.24, 2.45) is 0 Å². The van der Waals surface area contributed by atoms with Crippen molar-refractivity contribution in [3.63, 3.8) is 0 Å². The van der Waals surface area contributed by atoms with Gasteiger partial charge in [0.05, 0.1) is 19.4 Å². The summed E-state index contributed by atoms with van der Waals surface area (Å²) in [5.41, 5.74) is 4.12. The van der Waals surface area contributed by atoms with Crippen molar-refractivity contribution in [1.82, 2.24) is 9.71 Å². The molecule has 0 saturated carbocycles. The van der Waals surface area contributed by atoms with Crippen molar-refractivity contribution in [2.75, 3.05) is 18.9 Å². The van der Waals surface area contributed by atoms with Crippen molar-refractivity contribution in [1.29, 1.82) is 0 Å². The van der Waals surface area contributed by atoms with Crippen molar-refractivity contribution in [2.45, 2.75) is 10.9 Å². The zero-order valence-electron chi connectivity index (χ0n) is 8.28. The van der Waals surface area contributed by atoms with Crippen LogP contribution in [0.3, 0.4) is 0 Å². The topological polar surface area (TPSA) is 99.6 Å². The quantitative estimate of drug-likeness (QED) is 0.680. The average Bonchev–Trinajstić information content (AvgIpc) is 2.70. The van der Waals surface area contributed by atoms with Crippen LogP contribution in [0.15, 0.2) is 17.1 Å². The molecular weight excluding hydrogens is 234 g/mol. The summed E-state index contributed by atoms with van der Waals surface area (Å²) < 4.78 is 6.18. The van der Waals surface area contributed by atoms with E-state index in [0.29, 0.717) is 6.61 Å². The van der Waals surface area contributed by atoms with Crippen LogP contribution in [0, 0.1) is 0 Å². The maximum Gasteiger partial charge on any atom is 0.382 e. The molecule has 0 aromatic carbocycles. The van der Waals surface area contributed by atoms with Gasteiger partial charge in [-0.2, -0.15) is 4.98 Å². The molecule has 2 rings (SSSR count). The van der Waals surface area contributed by atoms with E-state index < -0.39 is 5.69 Å². The molecule has 2 atom stereocenters. The van der Waals surface area contributed by atoms with Gasteiger partial charge in [-0.3, -0.25) is 0 Å². The molecule has 2 heterocycles. The van der Waals surface area contributed by atoms with Crippen LogP contribution < -0.4 is 16.3 Å². The summed E-state index contributed by atoms with van der Waals surface area (Å²) in [6.07, 6.45) is 1.40. The van der Waals surface area contributed by atoms with Gasteiger partial charge in [0.15, 0.2) is 5.44 Å². The SMILES string of the molecule is Nc1ccn(O[C@@H]2CO[C@@H](CO)S2)c(=O)n1. The minimum absolute atomic E-state index is 0.0839. The van der Waals surface area contributed by atoms with E-state index >= 15 is 0 Å². The van der Waals surface area contributed by atoms with Crippen LogP contribution in [0.25, 0.3) is 0 Å². The molecule has 1 saturated heterocycles. The van der Waals surface area contributed by atoms with Gasteiger partial charge >= 0.3 is 5.69 Å². The number of rotatable bonds is 3. The van der Waals surface area contributed by atoms with Gasteiger partial charge in [0.1, 0.15) is 11.3 Å². The third-order valence-corrected chi connectivity index (χ3v) is 3.01. The lowest BCUT2D eigenvalue weighted by Crippen LogP contribution is -2.33. The van der Waals surface area contributed by atoms with Gasteiger partial charge in [-0.05, 0) is 0 Å². The zero-order valence-corrected chi connectivity index (χ0v) is 9.09. The number of thioether (sulfide) groups is 1. The minimum Gasteiger partial charge on any atom is -0.393 e. The third-order valence-electron chi connectivity index (χ3n) is 1.90. The lowest BCUT2D eigenvalue weighted by Gasteiger charge is -2.11. The van der Waals surface area contributed by atoms with Crippen LogP contribution in [-0.4, -0.2) is 38.9 Å². The minimum atomic E-state index is -0.576. The summed E-state index contributed by atoms with van der Waals surface area (Å²) >= 11 is 1.31. The standard InChI is InChI=1S/C8H11N3O4S/c9-5-1-2-11(8(13)10-5)15-7-4-14-6(3-12)16-7/h1-2,6-7,12H,3-4H2,(H2,9,10,13)/t6-,7+/m1/s1. The molecule has 0 spiro atoms. The predicted octanol–water partition coefficient (Wildman–Crippen LogP) is -1.34. The summed E-state index contributed by atoms with van der Waals surface area (Å²) in [4.78, 5) is 20.1. The molecule has 88 valence electrons. The molecule has 3 N–H and O–H groups in total. The maximum atomic E-state index is 11.3. The number of hydrogen-bond acceptors (Lipinski definition) is 7. The zero-order chi connectivity index (χ0) is 11.5. The second-order valence-electron chi connectivity index (χ2n) is 3.08. The van der Waals surface area contributed by atoms with E-state index in [-0.39, 0.29) is 23.3 Å². The van der Waals surface area contributed by atoms with E-state index in [4.69, 9.17) is 20.4 Å². The number of nitrogen functional groups attached to an aromatic ring is 1. The summed E-state index contributed by atoms with van der Waals surface area (Å²) in [6.45, 7) is 0.228. The molecule has 1 aromatic rings. The maximum absolute atomic E-state index is 11.3. The predicted molar refractivity (Wildman–Crippen MR) is 57.7 cm³/mol.